The van der Waals surface area contributed by atoms with Gasteiger partial charge in [0.2, 0.25) is 0 Å². The van der Waals surface area contributed by atoms with E-state index in [-0.39, 0.29) is 0 Å². The Morgan fingerprint density at radius 1 is 1.28 bits per heavy atom. The van der Waals surface area contributed by atoms with Gasteiger partial charge in [0.1, 0.15) is 0 Å². The Balaban J connectivity index is 0.000000411. The molecule has 0 amide bonds. The highest BCUT2D eigenvalue weighted by atomic mass is 32.2. The van der Waals surface area contributed by atoms with Gasteiger partial charge in [-0.05, 0) is 18.4 Å². The first-order valence-corrected chi connectivity index (χ1v) is 6.28. The summed E-state index contributed by atoms with van der Waals surface area (Å²) in [6.45, 7) is 1.50. The van der Waals surface area contributed by atoms with Crippen LogP contribution in [0.2, 0.25) is 0 Å². The average Bonchev–Trinajstić information content (AvgIpc) is 2.37. The molecule has 0 aliphatic heterocycles. The summed E-state index contributed by atoms with van der Waals surface area (Å²) < 4.78 is 0. The van der Waals surface area contributed by atoms with E-state index in [9.17, 15) is 0 Å². The van der Waals surface area contributed by atoms with Crippen LogP contribution < -0.4 is 11.1 Å². The van der Waals surface area contributed by atoms with Gasteiger partial charge in [-0.3, -0.25) is 0 Å². The second-order valence-corrected chi connectivity index (χ2v) is 3.87. The van der Waals surface area contributed by atoms with Crippen molar-refractivity contribution in [2.75, 3.05) is 24.7 Å². The smallest absolute Gasteiger partial charge is 0.414 e. The Hall–Kier alpha value is -1.73. The van der Waals surface area contributed by atoms with Crippen LogP contribution in [0.4, 0.5) is 5.69 Å². The fourth-order valence-electron chi connectivity index (χ4n) is 0.998. The van der Waals surface area contributed by atoms with E-state index in [4.69, 9.17) is 25.5 Å². The van der Waals surface area contributed by atoms with Crippen molar-refractivity contribution in [3.8, 4) is 0 Å². The molecule has 0 atom stereocenters. The summed E-state index contributed by atoms with van der Waals surface area (Å²) >= 11 is 1.74. The van der Waals surface area contributed by atoms with Crippen LogP contribution in [0.25, 0.3) is 0 Å². The van der Waals surface area contributed by atoms with Crippen molar-refractivity contribution in [1.29, 1.82) is 0 Å². The van der Waals surface area contributed by atoms with Gasteiger partial charge in [0, 0.05) is 23.7 Å². The number of para-hydroxylation sites is 1. The molecule has 0 fully saturated rings. The molecule has 0 heterocycles. The summed E-state index contributed by atoms with van der Waals surface area (Å²) in [6.07, 6.45) is 2.07. The molecule has 0 bridgehead atoms. The number of carbonyl (C=O) groups is 2. The fraction of sp³-hybridized carbons (Fsp3) is 0.273. The number of anilines is 1. The number of aliphatic carboxylic acids is 2. The lowest BCUT2D eigenvalue weighted by atomic mass is 10.3. The molecule has 0 aromatic heterocycles. The van der Waals surface area contributed by atoms with Gasteiger partial charge in [-0.15, -0.1) is 11.8 Å². The Kier molecular flexibility index (Phi) is 8.42. The molecule has 0 aliphatic rings. The molecular formula is C11H16N2O4S. The van der Waals surface area contributed by atoms with Crippen molar-refractivity contribution in [2.24, 2.45) is 5.73 Å². The van der Waals surface area contributed by atoms with Crippen LogP contribution in [0.5, 0.6) is 0 Å². The highest BCUT2D eigenvalue weighted by molar-refractivity contribution is 7.98. The molecule has 0 saturated heterocycles. The number of hydrogen-bond acceptors (Lipinski definition) is 5. The van der Waals surface area contributed by atoms with Crippen molar-refractivity contribution < 1.29 is 19.8 Å². The summed E-state index contributed by atoms with van der Waals surface area (Å²) in [4.78, 5) is 19.5. The van der Waals surface area contributed by atoms with E-state index in [1.807, 2.05) is 12.1 Å². The zero-order valence-electron chi connectivity index (χ0n) is 9.92. The maximum absolute atomic E-state index is 9.10. The molecule has 7 heteroatoms. The van der Waals surface area contributed by atoms with Crippen molar-refractivity contribution in [3.05, 3.63) is 24.3 Å². The van der Waals surface area contributed by atoms with E-state index in [1.54, 1.807) is 11.8 Å². The summed E-state index contributed by atoms with van der Waals surface area (Å²) in [6, 6.07) is 8.24. The van der Waals surface area contributed by atoms with E-state index < -0.39 is 11.9 Å². The summed E-state index contributed by atoms with van der Waals surface area (Å²) in [5.74, 6) is -3.65. The molecule has 0 radical (unpaired) electrons. The van der Waals surface area contributed by atoms with Crippen molar-refractivity contribution in [1.82, 2.24) is 0 Å². The molecule has 0 aliphatic carbocycles. The zero-order chi connectivity index (χ0) is 14.0. The van der Waals surface area contributed by atoms with Crippen LogP contribution in [-0.4, -0.2) is 41.5 Å². The Morgan fingerprint density at radius 3 is 2.28 bits per heavy atom. The predicted molar refractivity (Wildman–Crippen MR) is 71.0 cm³/mol. The second-order valence-electron chi connectivity index (χ2n) is 3.03. The normalized spacial score (nSPS) is 9.00. The number of nitrogens with one attached hydrogen (secondary N) is 1. The van der Waals surface area contributed by atoms with Crippen molar-refractivity contribution in [2.45, 2.75) is 4.90 Å². The Bertz CT molecular complexity index is 386. The van der Waals surface area contributed by atoms with Crippen molar-refractivity contribution in [3.63, 3.8) is 0 Å². The van der Waals surface area contributed by atoms with E-state index in [2.05, 4.69) is 23.7 Å². The van der Waals surface area contributed by atoms with Gasteiger partial charge in [-0.25, -0.2) is 9.59 Å². The first-order chi connectivity index (χ1) is 8.52. The third-order valence-corrected chi connectivity index (χ3v) is 2.55. The molecular weight excluding hydrogens is 256 g/mol. The lowest BCUT2D eigenvalue weighted by Crippen LogP contribution is -2.13. The van der Waals surface area contributed by atoms with Crippen molar-refractivity contribution >= 4 is 29.4 Å². The van der Waals surface area contributed by atoms with Crippen LogP contribution >= 0.6 is 11.8 Å². The van der Waals surface area contributed by atoms with E-state index >= 15 is 0 Å². The summed E-state index contributed by atoms with van der Waals surface area (Å²) in [7, 11) is 0. The third-order valence-electron chi connectivity index (χ3n) is 1.75. The molecule has 6 nitrogen and oxygen atoms in total. The largest absolute Gasteiger partial charge is 0.473 e. The minimum absolute atomic E-state index is 0.669. The number of thioether (sulfide) groups is 1. The number of carboxylic acids is 2. The first-order valence-electron chi connectivity index (χ1n) is 5.06. The Labute approximate surface area is 109 Å². The topological polar surface area (TPSA) is 113 Å². The molecule has 100 valence electrons. The Morgan fingerprint density at radius 2 is 1.83 bits per heavy atom. The third kappa shape index (κ3) is 6.77. The highest BCUT2D eigenvalue weighted by Gasteiger charge is 2.04. The van der Waals surface area contributed by atoms with Crippen LogP contribution in [-0.2, 0) is 9.59 Å². The van der Waals surface area contributed by atoms with E-state index in [1.165, 1.54) is 10.6 Å². The molecule has 1 aromatic rings. The van der Waals surface area contributed by atoms with Crippen LogP contribution in [0.1, 0.15) is 0 Å². The summed E-state index contributed by atoms with van der Waals surface area (Å²) in [5.41, 5.74) is 6.57. The van der Waals surface area contributed by atoms with Gasteiger partial charge in [-0.2, -0.15) is 0 Å². The van der Waals surface area contributed by atoms with Gasteiger partial charge < -0.3 is 21.3 Å². The maximum atomic E-state index is 9.10. The molecule has 18 heavy (non-hydrogen) atoms. The van der Waals surface area contributed by atoms with Gasteiger partial charge in [0.15, 0.2) is 0 Å². The van der Waals surface area contributed by atoms with Crippen LogP contribution in [0.15, 0.2) is 29.2 Å². The van der Waals surface area contributed by atoms with Gasteiger partial charge >= 0.3 is 11.9 Å². The minimum Gasteiger partial charge on any atom is -0.473 e. The standard InChI is InChI=1S/C9H14N2S.C2H2O4/c1-12-9-5-3-2-4-8(9)11-7-6-10;3-1(4)2(5)6/h2-5,11H,6-7,10H2,1H3;(H,3,4)(H,5,6). The number of nitrogens with two attached hydrogens (primary N) is 1. The molecule has 0 unspecified atom stereocenters. The fourth-order valence-corrected chi connectivity index (χ4v) is 1.57. The number of carboxylic acid groups (broad SMARTS) is 2. The van der Waals surface area contributed by atoms with E-state index in [0.717, 1.165) is 6.54 Å². The molecule has 1 rings (SSSR count). The van der Waals surface area contributed by atoms with E-state index in [0.29, 0.717) is 6.54 Å². The van der Waals surface area contributed by atoms with Crippen LogP contribution in [0, 0.1) is 0 Å². The second kappa shape index (κ2) is 9.32. The maximum Gasteiger partial charge on any atom is 0.414 e. The van der Waals surface area contributed by atoms with Gasteiger partial charge in [0.05, 0.1) is 0 Å². The first kappa shape index (κ1) is 16.3. The molecule has 0 spiro atoms. The number of rotatable bonds is 4. The lowest BCUT2D eigenvalue weighted by molar-refractivity contribution is -0.159. The highest BCUT2D eigenvalue weighted by Crippen LogP contribution is 2.23. The zero-order valence-corrected chi connectivity index (χ0v) is 10.7. The predicted octanol–water partition coefficient (Wildman–Crippen LogP) is 0.935. The molecule has 0 saturated carbocycles. The number of hydrogen-bond donors (Lipinski definition) is 4. The molecule has 1 aromatic carbocycles. The SMILES string of the molecule is CSc1ccccc1NCCN.O=C(O)C(=O)O. The van der Waals surface area contributed by atoms with Crippen LogP contribution in [0.3, 0.4) is 0 Å². The number of benzene rings is 1. The average molecular weight is 272 g/mol. The minimum atomic E-state index is -1.82. The quantitative estimate of drug-likeness (QED) is 0.476. The van der Waals surface area contributed by atoms with Gasteiger partial charge in [0.25, 0.3) is 0 Å². The van der Waals surface area contributed by atoms with Gasteiger partial charge in [-0.1, -0.05) is 12.1 Å². The summed E-state index contributed by atoms with van der Waals surface area (Å²) in [5, 5.41) is 18.1. The lowest BCUT2D eigenvalue weighted by Gasteiger charge is -2.08. The monoisotopic (exact) mass is 272 g/mol. The molecule has 5 N–H and O–H groups in total.